The van der Waals surface area contributed by atoms with Crippen LogP contribution in [0.5, 0.6) is 0 Å². The normalized spacial score (nSPS) is 27.5. The van der Waals surface area contributed by atoms with Gasteiger partial charge < -0.3 is 4.74 Å². The van der Waals surface area contributed by atoms with E-state index in [1.807, 2.05) is 18.2 Å². The van der Waals surface area contributed by atoms with Gasteiger partial charge in [-0.25, -0.2) is 0 Å². The van der Waals surface area contributed by atoms with E-state index in [0.717, 1.165) is 0 Å². The van der Waals surface area contributed by atoms with E-state index in [9.17, 15) is 4.79 Å². The van der Waals surface area contributed by atoms with Gasteiger partial charge in [-0.1, -0.05) is 52.9 Å². The summed E-state index contributed by atoms with van der Waals surface area (Å²) in [4.78, 5) is 11.3. The van der Waals surface area contributed by atoms with Gasteiger partial charge in [-0.15, -0.1) is 0 Å². The van der Waals surface area contributed by atoms with E-state index >= 15 is 0 Å². The molecule has 2 nitrogen and oxygen atoms in total. The summed E-state index contributed by atoms with van der Waals surface area (Å²) in [6.45, 7) is 2.08. The molecule has 0 aliphatic carbocycles. The van der Waals surface area contributed by atoms with Crippen molar-refractivity contribution in [2.24, 2.45) is 0 Å². The van der Waals surface area contributed by atoms with E-state index < -0.39 is 0 Å². The van der Waals surface area contributed by atoms with Crippen molar-refractivity contribution in [2.45, 2.75) is 29.3 Å². The average molecular weight is 316 g/mol. The minimum atomic E-state index is -0.0719. The van der Waals surface area contributed by atoms with Crippen molar-refractivity contribution >= 4 is 28.6 Å². The van der Waals surface area contributed by atoms with Gasteiger partial charge in [0.05, 0.1) is 6.42 Å². The molecule has 1 aliphatic rings. The van der Waals surface area contributed by atoms with Crippen molar-refractivity contribution in [3.63, 3.8) is 0 Å². The van der Waals surface area contributed by atoms with Crippen LogP contribution in [0.2, 0.25) is 0 Å². The number of benzene rings is 1. The van der Waals surface area contributed by atoms with Crippen LogP contribution in [-0.4, -0.2) is 16.0 Å². The standard InChI is InChI=1S/C12H13IO2/c1-8(13)12-10(7-11(14)15-12)9-5-3-2-4-6-9/h2-6,8,10,12H,7H2,1H3/t8-,10+,12-/m0/s1. The molecule has 0 spiro atoms. The number of halogens is 1. The molecule has 3 atom stereocenters. The minimum absolute atomic E-state index is 0.0282. The summed E-state index contributed by atoms with van der Waals surface area (Å²) < 4.78 is 5.69. The molecule has 3 heteroatoms. The fourth-order valence-electron chi connectivity index (χ4n) is 2.00. The molecular weight excluding hydrogens is 303 g/mol. The lowest BCUT2D eigenvalue weighted by molar-refractivity contribution is -0.141. The number of cyclic esters (lactones) is 1. The highest BCUT2D eigenvalue weighted by Crippen LogP contribution is 2.35. The summed E-state index contributed by atoms with van der Waals surface area (Å²) in [6.07, 6.45) is 0.544. The van der Waals surface area contributed by atoms with Crippen LogP contribution >= 0.6 is 22.6 Å². The quantitative estimate of drug-likeness (QED) is 0.476. The summed E-state index contributed by atoms with van der Waals surface area (Å²) in [7, 11) is 0. The molecule has 0 unspecified atom stereocenters. The summed E-state index contributed by atoms with van der Waals surface area (Å²) in [5, 5.41) is 0. The van der Waals surface area contributed by atoms with Gasteiger partial charge in [-0.2, -0.15) is 0 Å². The Morgan fingerprint density at radius 1 is 1.40 bits per heavy atom. The first-order valence-electron chi connectivity index (χ1n) is 5.07. The minimum Gasteiger partial charge on any atom is -0.461 e. The third-order valence-corrected chi connectivity index (χ3v) is 3.44. The number of hydrogen-bond acceptors (Lipinski definition) is 2. The third-order valence-electron chi connectivity index (χ3n) is 2.73. The number of rotatable bonds is 2. The molecule has 15 heavy (non-hydrogen) atoms. The molecule has 0 N–H and O–H groups in total. The Morgan fingerprint density at radius 2 is 2.07 bits per heavy atom. The highest BCUT2D eigenvalue weighted by atomic mass is 127. The molecule has 1 fully saturated rings. The summed E-state index contributed by atoms with van der Waals surface area (Å²) in [5.74, 6) is 0.156. The maximum atomic E-state index is 11.3. The van der Waals surface area contributed by atoms with E-state index in [4.69, 9.17) is 4.74 Å². The van der Waals surface area contributed by atoms with Gasteiger partial charge in [-0.3, -0.25) is 4.79 Å². The fraction of sp³-hybridized carbons (Fsp3) is 0.417. The molecule has 0 saturated carbocycles. The zero-order valence-electron chi connectivity index (χ0n) is 8.52. The summed E-state index contributed by atoms with van der Waals surface area (Å²) in [6, 6.07) is 10.1. The van der Waals surface area contributed by atoms with Crippen LogP contribution in [0.1, 0.15) is 24.8 Å². The van der Waals surface area contributed by atoms with Crippen LogP contribution in [0.3, 0.4) is 0 Å². The Kier molecular flexibility index (Phi) is 3.29. The monoisotopic (exact) mass is 316 g/mol. The number of hydrogen-bond donors (Lipinski definition) is 0. The lowest BCUT2D eigenvalue weighted by Gasteiger charge is -2.19. The van der Waals surface area contributed by atoms with E-state index in [1.165, 1.54) is 5.56 Å². The SMILES string of the molecule is C[C@H](I)[C@@H]1OC(=O)C[C@@H]1c1ccccc1. The first-order chi connectivity index (χ1) is 7.18. The maximum absolute atomic E-state index is 11.3. The third kappa shape index (κ3) is 2.33. The van der Waals surface area contributed by atoms with Crippen molar-refractivity contribution in [2.75, 3.05) is 0 Å². The Morgan fingerprint density at radius 3 is 2.67 bits per heavy atom. The smallest absolute Gasteiger partial charge is 0.306 e. The molecule has 0 aromatic heterocycles. The van der Waals surface area contributed by atoms with Crippen molar-refractivity contribution in [3.8, 4) is 0 Å². The van der Waals surface area contributed by atoms with Gasteiger partial charge in [0, 0.05) is 9.84 Å². The van der Waals surface area contributed by atoms with Crippen molar-refractivity contribution in [3.05, 3.63) is 35.9 Å². The Hall–Kier alpha value is -0.580. The van der Waals surface area contributed by atoms with E-state index in [2.05, 4.69) is 41.6 Å². The molecule has 1 aromatic rings. The Balaban J connectivity index is 2.24. The molecule has 1 saturated heterocycles. The molecule has 2 rings (SSSR count). The van der Waals surface area contributed by atoms with Crippen LogP contribution in [-0.2, 0) is 9.53 Å². The first-order valence-corrected chi connectivity index (χ1v) is 6.31. The topological polar surface area (TPSA) is 26.3 Å². The van der Waals surface area contributed by atoms with E-state index in [0.29, 0.717) is 10.3 Å². The molecule has 80 valence electrons. The number of esters is 1. The first kappa shape index (κ1) is 10.9. The highest BCUT2D eigenvalue weighted by Gasteiger charge is 2.38. The van der Waals surface area contributed by atoms with Gasteiger partial charge in [0.2, 0.25) is 0 Å². The highest BCUT2D eigenvalue weighted by molar-refractivity contribution is 14.1. The zero-order chi connectivity index (χ0) is 10.8. The van der Waals surface area contributed by atoms with E-state index in [-0.39, 0.29) is 18.0 Å². The van der Waals surface area contributed by atoms with Crippen LogP contribution in [0, 0.1) is 0 Å². The lowest BCUT2D eigenvalue weighted by Crippen LogP contribution is -2.23. The predicted octanol–water partition coefficient (Wildman–Crippen LogP) is 2.91. The second kappa shape index (κ2) is 4.51. The van der Waals surface area contributed by atoms with Gasteiger partial charge >= 0.3 is 5.97 Å². The summed E-state index contributed by atoms with van der Waals surface area (Å²) in [5.41, 5.74) is 1.21. The van der Waals surface area contributed by atoms with Gasteiger partial charge in [0.25, 0.3) is 0 Å². The summed E-state index contributed by atoms with van der Waals surface area (Å²) >= 11 is 2.32. The molecule has 1 aromatic carbocycles. The van der Waals surface area contributed by atoms with Crippen molar-refractivity contribution < 1.29 is 9.53 Å². The molecule has 0 radical (unpaired) electrons. The number of carbonyl (C=O) groups is 1. The van der Waals surface area contributed by atoms with Crippen LogP contribution in [0.4, 0.5) is 0 Å². The zero-order valence-corrected chi connectivity index (χ0v) is 10.7. The van der Waals surface area contributed by atoms with Gasteiger partial charge in [0.15, 0.2) is 0 Å². The number of carbonyl (C=O) groups excluding carboxylic acids is 1. The second-order valence-corrected chi connectivity index (χ2v) is 5.82. The number of ether oxygens (including phenoxy) is 1. The Bertz CT molecular complexity index is 348. The molecule has 1 heterocycles. The lowest BCUT2D eigenvalue weighted by atomic mass is 9.91. The molecule has 1 aliphatic heterocycles. The van der Waals surface area contributed by atoms with Gasteiger partial charge in [0.1, 0.15) is 6.10 Å². The maximum Gasteiger partial charge on any atom is 0.306 e. The fourth-order valence-corrected chi connectivity index (χ4v) is 2.65. The van der Waals surface area contributed by atoms with Crippen molar-refractivity contribution in [1.82, 2.24) is 0 Å². The van der Waals surface area contributed by atoms with Crippen LogP contribution in [0.25, 0.3) is 0 Å². The Labute approximate surface area is 103 Å². The average Bonchev–Trinajstić information content (AvgIpc) is 2.62. The second-order valence-electron chi connectivity index (χ2n) is 3.85. The molecular formula is C12H13IO2. The predicted molar refractivity (Wildman–Crippen MR) is 67.2 cm³/mol. The molecule has 0 bridgehead atoms. The molecule has 0 amide bonds. The van der Waals surface area contributed by atoms with E-state index in [1.54, 1.807) is 0 Å². The van der Waals surface area contributed by atoms with Crippen LogP contribution < -0.4 is 0 Å². The van der Waals surface area contributed by atoms with Crippen LogP contribution in [0.15, 0.2) is 30.3 Å². The number of alkyl halides is 1. The van der Waals surface area contributed by atoms with Gasteiger partial charge in [-0.05, 0) is 12.5 Å². The largest absolute Gasteiger partial charge is 0.461 e. The van der Waals surface area contributed by atoms with Crippen molar-refractivity contribution in [1.29, 1.82) is 0 Å².